The number of carbonyl (C=O) groups is 2. The first-order valence-corrected chi connectivity index (χ1v) is 8.65. The van der Waals surface area contributed by atoms with Crippen molar-refractivity contribution in [2.24, 2.45) is 5.92 Å². The zero-order chi connectivity index (χ0) is 17.5. The van der Waals surface area contributed by atoms with Gasteiger partial charge in [-0.2, -0.15) is 0 Å². The van der Waals surface area contributed by atoms with E-state index < -0.39 is 0 Å². The number of nitrogens with one attached hydrogen (secondary N) is 1. The minimum absolute atomic E-state index is 0.0329. The lowest BCUT2D eigenvalue weighted by molar-refractivity contribution is 0.0773. The van der Waals surface area contributed by atoms with Crippen molar-refractivity contribution in [3.8, 4) is 0 Å². The molecule has 24 heavy (non-hydrogen) atoms. The second-order valence-corrected chi connectivity index (χ2v) is 6.13. The van der Waals surface area contributed by atoms with Gasteiger partial charge in [-0.15, -0.1) is 0 Å². The first-order valence-electron chi connectivity index (χ1n) is 8.65. The number of carbonyl (C=O) groups excluding carboxylic acids is 2. The molecule has 2 rings (SSSR count). The first kappa shape index (κ1) is 18.3. The fraction of sp³-hybridized carbons (Fsp3) is 0.556. The van der Waals surface area contributed by atoms with Gasteiger partial charge in [0.05, 0.1) is 0 Å². The van der Waals surface area contributed by atoms with E-state index in [9.17, 15) is 14.7 Å². The maximum absolute atomic E-state index is 12.4. The highest BCUT2D eigenvalue weighted by Gasteiger charge is 2.23. The average molecular weight is 333 g/mol. The van der Waals surface area contributed by atoms with Crippen LogP contribution in [-0.4, -0.2) is 59.6 Å². The van der Waals surface area contributed by atoms with Gasteiger partial charge in [0.15, 0.2) is 0 Å². The van der Waals surface area contributed by atoms with E-state index in [1.807, 2.05) is 13.8 Å². The summed E-state index contributed by atoms with van der Waals surface area (Å²) in [7, 11) is 0. The van der Waals surface area contributed by atoms with Crippen molar-refractivity contribution in [2.75, 3.05) is 38.1 Å². The molecular formula is C18H27N3O3. The van der Waals surface area contributed by atoms with Gasteiger partial charge in [-0.1, -0.05) is 6.07 Å². The lowest BCUT2D eigenvalue weighted by Gasteiger charge is -2.31. The number of rotatable bonds is 5. The number of urea groups is 1. The molecule has 1 aromatic carbocycles. The number of piperidine rings is 1. The summed E-state index contributed by atoms with van der Waals surface area (Å²) in [4.78, 5) is 28.3. The Kier molecular flexibility index (Phi) is 6.61. The lowest BCUT2D eigenvalue weighted by atomic mass is 9.99. The van der Waals surface area contributed by atoms with Crippen LogP contribution in [0.5, 0.6) is 0 Å². The van der Waals surface area contributed by atoms with Gasteiger partial charge in [0, 0.05) is 44.0 Å². The van der Waals surface area contributed by atoms with E-state index in [0.29, 0.717) is 37.4 Å². The lowest BCUT2D eigenvalue weighted by Crippen LogP contribution is -2.43. The molecule has 0 spiro atoms. The van der Waals surface area contributed by atoms with Gasteiger partial charge in [0.2, 0.25) is 0 Å². The standard InChI is InChI=1S/C18H27N3O3/c1-3-20(4-2)17(23)15-8-5-9-16(11-15)19-18(24)21-10-6-7-14(12-21)13-22/h5,8-9,11,14,22H,3-4,6-7,10,12-13H2,1-2H3,(H,19,24). The Labute approximate surface area is 143 Å². The third-order valence-corrected chi connectivity index (χ3v) is 4.48. The molecule has 132 valence electrons. The fourth-order valence-corrected chi connectivity index (χ4v) is 3.02. The van der Waals surface area contributed by atoms with Crippen molar-refractivity contribution in [3.05, 3.63) is 29.8 Å². The van der Waals surface area contributed by atoms with Crippen molar-refractivity contribution in [1.82, 2.24) is 9.80 Å². The number of aliphatic hydroxyl groups is 1. The predicted octanol–water partition coefficient (Wildman–Crippen LogP) is 2.40. The zero-order valence-electron chi connectivity index (χ0n) is 14.5. The summed E-state index contributed by atoms with van der Waals surface area (Å²) in [6.45, 7) is 6.57. The van der Waals surface area contributed by atoms with E-state index in [4.69, 9.17) is 0 Å². The Bertz CT molecular complexity index is 572. The van der Waals surface area contributed by atoms with Gasteiger partial charge in [-0.3, -0.25) is 4.79 Å². The van der Waals surface area contributed by atoms with Crippen LogP contribution in [0, 0.1) is 5.92 Å². The molecule has 0 saturated carbocycles. The summed E-state index contributed by atoms with van der Waals surface area (Å²) in [5.74, 6) is 0.120. The highest BCUT2D eigenvalue weighted by molar-refractivity contribution is 5.96. The van der Waals surface area contributed by atoms with Crippen LogP contribution in [0.2, 0.25) is 0 Å². The number of nitrogens with zero attached hydrogens (tertiary/aromatic N) is 2. The second kappa shape index (κ2) is 8.68. The summed E-state index contributed by atoms with van der Waals surface area (Å²) in [6, 6.07) is 6.86. The largest absolute Gasteiger partial charge is 0.396 e. The van der Waals surface area contributed by atoms with Crippen LogP contribution in [0.1, 0.15) is 37.0 Å². The van der Waals surface area contributed by atoms with Crippen LogP contribution < -0.4 is 5.32 Å². The Balaban J connectivity index is 2.03. The molecule has 0 aliphatic carbocycles. The maximum Gasteiger partial charge on any atom is 0.321 e. The first-order chi connectivity index (χ1) is 11.6. The monoisotopic (exact) mass is 333 g/mol. The minimum Gasteiger partial charge on any atom is -0.396 e. The summed E-state index contributed by atoms with van der Waals surface area (Å²) in [5.41, 5.74) is 1.19. The third kappa shape index (κ3) is 4.47. The van der Waals surface area contributed by atoms with Crippen LogP contribution >= 0.6 is 0 Å². The van der Waals surface area contributed by atoms with Crippen LogP contribution in [0.4, 0.5) is 10.5 Å². The zero-order valence-corrected chi connectivity index (χ0v) is 14.5. The van der Waals surface area contributed by atoms with Crippen LogP contribution in [0.25, 0.3) is 0 Å². The van der Waals surface area contributed by atoms with E-state index >= 15 is 0 Å². The van der Waals surface area contributed by atoms with Gasteiger partial charge in [-0.25, -0.2) is 4.79 Å². The normalized spacial score (nSPS) is 17.5. The van der Waals surface area contributed by atoms with Gasteiger partial charge >= 0.3 is 6.03 Å². The van der Waals surface area contributed by atoms with Gasteiger partial charge in [0.1, 0.15) is 0 Å². The van der Waals surface area contributed by atoms with E-state index in [1.165, 1.54) is 0 Å². The molecule has 1 unspecified atom stereocenters. The second-order valence-electron chi connectivity index (χ2n) is 6.13. The van der Waals surface area contributed by atoms with Crippen LogP contribution in [-0.2, 0) is 0 Å². The number of benzene rings is 1. The summed E-state index contributed by atoms with van der Waals surface area (Å²) >= 11 is 0. The highest BCUT2D eigenvalue weighted by Crippen LogP contribution is 2.18. The van der Waals surface area contributed by atoms with Crippen molar-refractivity contribution in [2.45, 2.75) is 26.7 Å². The van der Waals surface area contributed by atoms with Gasteiger partial charge in [-0.05, 0) is 50.8 Å². The Hall–Kier alpha value is -2.08. The Morgan fingerprint density at radius 3 is 2.75 bits per heavy atom. The molecule has 0 bridgehead atoms. The number of anilines is 1. The highest BCUT2D eigenvalue weighted by atomic mass is 16.3. The van der Waals surface area contributed by atoms with Crippen molar-refractivity contribution >= 4 is 17.6 Å². The molecular weight excluding hydrogens is 306 g/mol. The predicted molar refractivity (Wildman–Crippen MR) is 94.1 cm³/mol. The molecule has 6 heteroatoms. The third-order valence-electron chi connectivity index (χ3n) is 4.48. The van der Waals surface area contributed by atoms with Gasteiger partial charge < -0.3 is 20.2 Å². The molecule has 1 heterocycles. The molecule has 1 aromatic rings. The summed E-state index contributed by atoms with van der Waals surface area (Å²) < 4.78 is 0. The van der Waals surface area contributed by atoms with Crippen LogP contribution in [0.15, 0.2) is 24.3 Å². The van der Waals surface area contributed by atoms with E-state index in [1.54, 1.807) is 34.1 Å². The summed E-state index contributed by atoms with van der Waals surface area (Å²) in [5, 5.41) is 12.1. The molecule has 1 atom stereocenters. The summed E-state index contributed by atoms with van der Waals surface area (Å²) in [6.07, 6.45) is 1.85. The Morgan fingerprint density at radius 1 is 1.33 bits per heavy atom. The molecule has 3 amide bonds. The smallest absolute Gasteiger partial charge is 0.321 e. The number of hydrogen-bond donors (Lipinski definition) is 2. The minimum atomic E-state index is -0.180. The van der Waals surface area contributed by atoms with E-state index in [0.717, 1.165) is 12.8 Å². The van der Waals surface area contributed by atoms with Gasteiger partial charge in [0.25, 0.3) is 5.91 Å². The van der Waals surface area contributed by atoms with Crippen molar-refractivity contribution in [1.29, 1.82) is 0 Å². The molecule has 6 nitrogen and oxygen atoms in total. The number of aliphatic hydroxyl groups excluding tert-OH is 1. The quantitative estimate of drug-likeness (QED) is 0.869. The number of hydrogen-bond acceptors (Lipinski definition) is 3. The molecule has 1 aliphatic rings. The average Bonchev–Trinajstić information content (AvgIpc) is 2.63. The molecule has 1 aliphatic heterocycles. The van der Waals surface area contributed by atoms with Crippen molar-refractivity contribution in [3.63, 3.8) is 0 Å². The molecule has 2 N–H and O–H groups in total. The van der Waals surface area contributed by atoms with E-state index in [-0.39, 0.29) is 24.5 Å². The molecule has 1 fully saturated rings. The molecule has 0 radical (unpaired) electrons. The van der Waals surface area contributed by atoms with Crippen molar-refractivity contribution < 1.29 is 14.7 Å². The topological polar surface area (TPSA) is 72.9 Å². The molecule has 1 saturated heterocycles. The number of amides is 3. The van der Waals surface area contributed by atoms with Crippen LogP contribution in [0.3, 0.4) is 0 Å². The Morgan fingerprint density at radius 2 is 2.08 bits per heavy atom. The molecule has 0 aromatic heterocycles. The number of likely N-dealkylation sites (tertiary alicyclic amines) is 1. The maximum atomic E-state index is 12.4. The SMILES string of the molecule is CCN(CC)C(=O)c1cccc(NC(=O)N2CCCC(CO)C2)c1. The fourth-order valence-electron chi connectivity index (χ4n) is 3.02. The van der Waals surface area contributed by atoms with E-state index in [2.05, 4.69) is 5.32 Å².